The van der Waals surface area contributed by atoms with Crippen LogP contribution in [0.4, 0.5) is 0 Å². The highest BCUT2D eigenvalue weighted by atomic mass is 79.9. The number of nitrogens with one attached hydrogen (secondary N) is 1. The standard InChI is InChI=1S/C16H22BrNO/c1-11-3-2-4-12(11)10-18-15-7-8-19-16-6-5-13(17)9-14(15)16/h5-6,9,11-12,15,18H,2-4,7-8,10H2,1H3. The molecule has 1 aromatic carbocycles. The van der Waals surface area contributed by atoms with Crippen LogP contribution in [0, 0.1) is 11.8 Å². The maximum absolute atomic E-state index is 5.74. The van der Waals surface area contributed by atoms with Gasteiger partial charge in [-0.15, -0.1) is 0 Å². The fraction of sp³-hybridized carbons (Fsp3) is 0.625. The SMILES string of the molecule is CC1CCCC1CNC1CCOc2ccc(Br)cc21. The maximum Gasteiger partial charge on any atom is 0.124 e. The van der Waals surface area contributed by atoms with Crippen LogP contribution in [0.15, 0.2) is 22.7 Å². The molecule has 0 aromatic heterocycles. The minimum atomic E-state index is 0.453. The molecule has 0 bridgehead atoms. The van der Waals surface area contributed by atoms with E-state index >= 15 is 0 Å². The molecule has 1 N–H and O–H groups in total. The van der Waals surface area contributed by atoms with Crippen molar-refractivity contribution < 1.29 is 4.74 Å². The van der Waals surface area contributed by atoms with Gasteiger partial charge in [-0.2, -0.15) is 0 Å². The van der Waals surface area contributed by atoms with Gasteiger partial charge in [0.2, 0.25) is 0 Å². The quantitative estimate of drug-likeness (QED) is 0.895. The summed E-state index contributed by atoms with van der Waals surface area (Å²) in [6, 6.07) is 6.78. The number of ether oxygens (including phenoxy) is 1. The molecule has 1 aromatic rings. The van der Waals surface area contributed by atoms with E-state index in [-0.39, 0.29) is 0 Å². The second-order valence-corrected chi connectivity index (χ2v) is 6.86. The van der Waals surface area contributed by atoms with Crippen molar-refractivity contribution in [1.82, 2.24) is 5.32 Å². The first kappa shape index (κ1) is 13.4. The van der Waals surface area contributed by atoms with E-state index in [0.29, 0.717) is 6.04 Å². The summed E-state index contributed by atoms with van der Waals surface area (Å²) in [4.78, 5) is 0. The summed E-state index contributed by atoms with van der Waals surface area (Å²) in [5, 5.41) is 3.78. The molecule has 0 amide bonds. The van der Waals surface area contributed by atoms with Gasteiger partial charge in [-0.3, -0.25) is 0 Å². The molecule has 104 valence electrons. The number of fused-ring (bicyclic) bond motifs is 1. The van der Waals surface area contributed by atoms with E-state index in [0.717, 1.165) is 41.6 Å². The van der Waals surface area contributed by atoms with Gasteiger partial charge in [0.15, 0.2) is 0 Å². The van der Waals surface area contributed by atoms with Gasteiger partial charge in [0.25, 0.3) is 0 Å². The molecule has 1 aliphatic carbocycles. The van der Waals surface area contributed by atoms with Crippen molar-refractivity contribution in [3.05, 3.63) is 28.2 Å². The van der Waals surface area contributed by atoms with Crippen LogP contribution in [-0.4, -0.2) is 13.2 Å². The van der Waals surface area contributed by atoms with Gasteiger partial charge in [0.05, 0.1) is 6.61 Å². The van der Waals surface area contributed by atoms with E-state index in [1.807, 2.05) is 0 Å². The van der Waals surface area contributed by atoms with Crippen LogP contribution < -0.4 is 10.1 Å². The van der Waals surface area contributed by atoms with Crippen LogP contribution in [0.5, 0.6) is 5.75 Å². The molecule has 2 nitrogen and oxygen atoms in total. The Labute approximate surface area is 124 Å². The predicted molar refractivity (Wildman–Crippen MR) is 81.5 cm³/mol. The first-order valence-corrected chi connectivity index (χ1v) is 8.19. The zero-order valence-corrected chi connectivity index (χ0v) is 13.1. The first-order chi connectivity index (χ1) is 9.24. The van der Waals surface area contributed by atoms with Crippen molar-refractivity contribution in [2.24, 2.45) is 11.8 Å². The smallest absolute Gasteiger partial charge is 0.124 e. The molecule has 1 fully saturated rings. The number of halogens is 1. The van der Waals surface area contributed by atoms with E-state index in [1.54, 1.807) is 0 Å². The lowest BCUT2D eigenvalue weighted by Gasteiger charge is -2.28. The molecule has 0 spiro atoms. The highest BCUT2D eigenvalue weighted by Gasteiger charge is 2.26. The number of benzene rings is 1. The van der Waals surface area contributed by atoms with Crippen LogP contribution >= 0.6 is 15.9 Å². The fourth-order valence-electron chi connectivity index (χ4n) is 3.40. The Hall–Kier alpha value is -0.540. The average molecular weight is 324 g/mol. The molecule has 2 aliphatic rings. The third kappa shape index (κ3) is 2.97. The molecule has 3 heteroatoms. The molecule has 1 saturated carbocycles. The maximum atomic E-state index is 5.74. The van der Waals surface area contributed by atoms with Crippen molar-refractivity contribution in [3.8, 4) is 5.75 Å². The van der Waals surface area contributed by atoms with Crippen molar-refractivity contribution >= 4 is 15.9 Å². The lowest BCUT2D eigenvalue weighted by Crippen LogP contribution is -2.31. The van der Waals surface area contributed by atoms with Crippen LogP contribution in [0.25, 0.3) is 0 Å². The van der Waals surface area contributed by atoms with Gasteiger partial charge in [0, 0.05) is 22.5 Å². The van der Waals surface area contributed by atoms with Gasteiger partial charge in [-0.25, -0.2) is 0 Å². The van der Waals surface area contributed by atoms with E-state index in [4.69, 9.17) is 4.74 Å². The van der Waals surface area contributed by atoms with E-state index < -0.39 is 0 Å². The first-order valence-electron chi connectivity index (χ1n) is 7.39. The third-order valence-corrected chi connectivity index (χ3v) is 5.17. The summed E-state index contributed by atoms with van der Waals surface area (Å²) in [5.41, 5.74) is 1.31. The number of hydrogen-bond donors (Lipinski definition) is 1. The van der Waals surface area contributed by atoms with Crippen LogP contribution in [0.1, 0.15) is 44.2 Å². The molecule has 1 heterocycles. The zero-order chi connectivity index (χ0) is 13.2. The van der Waals surface area contributed by atoms with Gasteiger partial charge in [-0.05, 0) is 43.0 Å². The molecular weight excluding hydrogens is 302 g/mol. The predicted octanol–water partition coefficient (Wildman–Crippen LogP) is 4.30. The Kier molecular flexibility index (Phi) is 4.13. The topological polar surface area (TPSA) is 21.3 Å². The zero-order valence-electron chi connectivity index (χ0n) is 11.5. The van der Waals surface area contributed by atoms with Crippen LogP contribution in [0.2, 0.25) is 0 Å². The summed E-state index contributed by atoms with van der Waals surface area (Å²) in [7, 11) is 0. The van der Waals surface area contributed by atoms with Crippen molar-refractivity contribution in [2.45, 2.75) is 38.6 Å². The van der Waals surface area contributed by atoms with E-state index in [1.165, 1.54) is 24.8 Å². The molecular formula is C16H22BrNO. The van der Waals surface area contributed by atoms with Crippen molar-refractivity contribution in [3.63, 3.8) is 0 Å². The van der Waals surface area contributed by atoms with Gasteiger partial charge in [-0.1, -0.05) is 35.7 Å². The second kappa shape index (κ2) is 5.84. The highest BCUT2D eigenvalue weighted by Crippen LogP contribution is 2.35. The van der Waals surface area contributed by atoms with Crippen molar-refractivity contribution in [1.29, 1.82) is 0 Å². The van der Waals surface area contributed by atoms with Gasteiger partial charge < -0.3 is 10.1 Å². The summed E-state index contributed by atoms with van der Waals surface area (Å²) in [6.45, 7) is 4.37. The Morgan fingerprint density at radius 1 is 1.32 bits per heavy atom. The molecule has 1 aliphatic heterocycles. The summed E-state index contributed by atoms with van der Waals surface area (Å²) in [5.74, 6) is 2.79. The summed E-state index contributed by atoms with van der Waals surface area (Å²) in [6.07, 6.45) is 5.28. The molecule has 3 unspecified atom stereocenters. The average Bonchev–Trinajstić information content (AvgIpc) is 2.82. The second-order valence-electron chi connectivity index (χ2n) is 5.95. The van der Waals surface area contributed by atoms with Crippen LogP contribution in [0.3, 0.4) is 0 Å². The molecule has 0 saturated heterocycles. The normalized spacial score (nSPS) is 29.9. The van der Waals surface area contributed by atoms with E-state index in [9.17, 15) is 0 Å². The Bertz CT molecular complexity index is 448. The van der Waals surface area contributed by atoms with Crippen LogP contribution in [-0.2, 0) is 0 Å². The third-order valence-electron chi connectivity index (χ3n) is 4.68. The van der Waals surface area contributed by atoms with Gasteiger partial charge in [0.1, 0.15) is 5.75 Å². The molecule has 3 atom stereocenters. The highest BCUT2D eigenvalue weighted by molar-refractivity contribution is 9.10. The fourth-order valence-corrected chi connectivity index (χ4v) is 3.78. The van der Waals surface area contributed by atoms with Gasteiger partial charge >= 0.3 is 0 Å². The lowest BCUT2D eigenvalue weighted by atomic mass is 9.96. The lowest BCUT2D eigenvalue weighted by molar-refractivity contribution is 0.244. The molecule has 19 heavy (non-hydrogen) atoms. The Morgan fingerprint density at radius 3 is 3.00 bits per heavy atom. The van der Waals surface area contributed by atoms with E-state index in [2.05, 4.69) is 46.4 Å². The molecule has 0 radical (unpaired) electrons. The summed E-state index contributed by atoms with van der Waals surface area (Å²) < 4.78 is 6.88. The largest absolute Gasteiger partial charge is 0.493 e. The molecule has 3 rings (SSSR count). The minimum absolute atomic E-state index is 0.453. The Balaban J connectivity index is 1.67. The monoisotopic (exact) mass is 323 g/mol. The number of rotatable bonds is 3. The minimum Gasteiger partial charge on any atom is -0.493 e. The van der Waals surface area contributed by atoms with Crippen molar-refractivity contribution in [2.75, 3.05) is 13.2 Å². The number of hydrogen-bond acceptors (Lipinski definition) is 2. The Morgan fingerprint density at radius 2 is 2.21 bits per heavy atom. The summed E-state index contributed by atoms with van der Waals surface area (Å²) >= 11 is 3.56.